The molecule has 2 fully saturated rings. The van der Waals surface area contributed by atoms with Crippen molar-refractivity contribution in [3.8, 4) is 5.75 Å². The van der Waals surface area contributed by atoms with E-state index in [1.54, 1.807) is 7.05 Å². The number of piperidine rings is 1. The van der Waals surface area contributed by atoms with Gasteiger partial charge in [-0.3, -0.25) is 5.41 Å². The minimum absolute atomic E-state index is 0.0210. The number of aromatic nitrogens is 2. The second-order valence-corrected chi connectivity index (χ2v) is 12.8. The monoisotopic (exact) mass is 561 g/mol. The summed E-state index contributed by atoms with van der Waals surface area (Å²) in [5.41, 5.74) is 3.24. The third-order valence-corrected chi connectivity index (χ3v) is 8.95. The minimum atomic E-state index is -3.83. The minimum Gasteiger partial charge on any atom is -0.488 e. The van der Waals surface area contributed by atoms with E-state index in [4.69, 9.17) is 21.7 Å². The topological polar surface area (TPSA) is 141 Å². The summed E-state index contributed by atoms with van der Waals surface area (Å²) < 4.78 is 31.5. The highest BCUT2D eigenvalue weighted by Gasteiger charge is 2.28. The average molecular weight is 562 g/mol. The second-order valence-electron chi connectivity index (χ2n) is 9.96. The summed E-state index contributed by atoms with van der Waals surface area (Å²) in [5.74, 6) is 1.68. The van der Waals surface area contributed by atoms with Crippen molar-refractivity contribution in [1.29, 1.82) is 5.41 Å². The van der Waals surface area contributed by atoms with Crippen molar-refractivity contribution in [3.63, 3.8) is 0 Å². The van der Waals surface area contributed by atoms with E-state index in [0.29, 0.717) is 5.92 Å². The molecule has 1 saturated heterocycles. The van der Waals surface area contributed by atoms with Crippen molar-refractivity contribution < 1.29 is 13.2 Å². The first-order valence-corrected chi connectivity index (χ1v) is 14.8. The van der Waals surface area contributed by atoms with E-state index >= 15 is 0 Å². The van der Waals surface area contributed by atoms with Crippen LogP contribution in [0.25, 0.3) is 0 Å². The van der Waals surface area contributed by atoms with Crippen LogP contribution in [0.2, 0.25) is 5.02 Å². The van der Waals surface area contributed by atoms with Crippen LogP contribution in [0.1, 0.15) is 56.6 Å². The number of sulfone groups is 1. The normalized spacial score (nSPS) is 16.8. The first-order chi connectivity index (χ1) is 18.1. The predicted molar refractivity (Wildman–Crippen MR) is 153 cm³/mol. The molecule has 1 aliphatic heterocycles. The van der Waals surface area contributed by atoms with Gasteiger partial charge < -0.3 is 26.0 Å². The average Bonchev–Trinajstić information content (AvgIpc) is 3.71. The van der Waals surface area contributed by atoms with E-state index in [-0.39, 0.29) is 28.6 Å². The van der Waals surface area contributed by atoms with Gasteiger partial charge in [-0.2, -0.15) is 4.98 Å². The zero-order valence-electron chi connectivity index (χ0n) is 22.2. The number of anilines is 3. The highest BCUT2D eigenvalue weighted by Crippen LogP contribution is 2.39. The Morgan fingerprint density at radius 3 is 2.58 bits per heavy atom. The molecule has 2 aromatic rings. The van der Waals surface area contributed by atoms with Crippen LogP contribution in [0.3, 0.4) is 0 Å². The van der Waals surface area contributed by atoms with Gasteiger partial charge in [0.2, 0.25) is 5.95 Å². The van der Waals surface area contributed by atoms with Crippen LogP contribution in [-0.4, -0.2) is 54.9 Å². The lowest BCUT2D eigenvalue weighted by Gasteiger charge is -2.26. The van der Waals surface area contributed by atoms with Crippen molar-refractivity contribution >= 4 is 43.9 Å². The molecule has 1 aliphatic carbocycles. The molecule has 38 heavy (non-hydrogen) atoms. The van der Waals surface area contributed by atoms with Gasteiger partial charge >= 0.3 is 0 Å². The van der Waals surface area contributed by atoms with Crippen LogP contribution >= 0.6 is 11.6 Å². The molecule has 0 atom stereocenters. The van der Waals surface area contributed by atoms with Gasteiger partial charge in [-0.05, 0) is 88.7 Å². The van der Waals surface area contributed by atoms with Crippen molar-refractivity contribution in [3.05, 3.63) is 46.4 Å². The Bertz CT molecular complexity index is 1320. The van der Waals surface area contributed by atoms with Gasteiger partial charge in [0.1, 0.15) is 10.8 Å². The van der Waals surface area contributed by atoms with Gasteiger partial charge in [0, 0.05) is 13.2 Å². The van der Waals surface area contributed by atoms with E-state index in [9.17, 15) is 8.42 Å². The summed E-state index contributed by atoms with van der Waals surface area (Å²) in [6, 6.07) is 4.21. The molecular formula is C26H36ClN7O3S. The third-order valence-electron chi connectivity index (χ3n) is 6.65. The Morgan fingerprint density at radius 1 is 1.24 bits per heavy atom. The van der Waals surface area contributed by atoms with E-state index in [1.807, 2.05) is 0 Å². The summed E-state index contributed by atoms with van der Waals surface area (Å²) in [7, 11) is -2.22. The van der Waals surface area contributed by atoms with Gasteiger partial charge in [-0.1, -0.05) is 11.6 Å². The number of aryl methyl sites for hydroxylation is 1. The van der Waals surface area contributed by atoms with Gasteiger partial charge in [0.25, 0.3) is 0 Å². The Morgan fingerprint density at radius 2 is 1.95 bits per heavy atom. The number of rotatable bonds is 10. The first-order valence-electron chi connectivity index (χ1n) is 12.9. The summed E-state index contributed by atoms with van der Waals surface area (Å²) in [6.45, 7) is 7.18. The molecule has 2 heterocycles. The maximum Gasteiger partial charge on any atom is 0.229 e. The van der Waals surface area contributed by atoms with Gasteiger partial charge in [0.05, 0.1) is 28.9 Å². The van der Waals surface area contributed by atoms with Crippen LogP contribution in [0.5, 0.6) is 5.75 Å². The Hall–Kier alpha value is -2.89. The maximum absolute atomic E-state index is 12.6. The highest BCUT2D eigenvalue weighted by molar-refractivity contribution is 8.07. The number of ether oxygens (including phenoxy) is 1. The van der Waals surface area contributed by atoms with Crippen molar-refractivity contribution in [1.82, 2.24) is 20.6 Å². The van der Waals surface area contributed by atoms with Crippen molar-refractivity contribution in [2.45, 2.75) is 63.7 Å². The molecular weight excluding hydrogens is 526 g/mol. The first kappa shape index (κ1) is 28.1. The lowest BCUT2D eigenvalue weighted by molar-refractivity contribution is 0.304. The Labute approximate surface area is 229 Å². The standard InChI is InChI=1S/C26H36ClN7O3S/c1-15(2)38(35,36)24(28)22(14-29-4)32-25-20(27)13-31-26(34-25)33-21-11-16(3)19(17-7-9-30-10-8-17)12-23(21)37-18-5-6-18/h11-15,17-18,28-30H,5-10H2,1-4H3,(H2,31,32,33,34)/b22-14+,28-24?. The van der Waals surface area contributed by atoms with E-state index in [2.05, 4.69) is 50.3 Å². The molecule has 12 heteroatoms. The predicted octanol–water partition coefficient (Wildman–Crippen LogP) is 4.46. The number of hydrogen-bond donors (Lipinski definition) is 5. The summed E-state index contributed by atoms with van der Waals surface area (Å²) in [5, 5.41) is 19.5. The highest BCUT2D eigenvalue weighted by atomic mass is 35.5. The molecule has 2 aliphatic rings. The second kappa shape index (κ2) is 11.9. The van der Waals surface area contributed by atoms with Crippen LogP contribution in [0, 0.1) is 12.3 Å². The molecule has 4 rings (SSSR count). The zero-order chi connectivity index (χ0) is 27.4. The number of nitrogens with one attached hydrogen (secondary N) is 5. The van der Waals surface area contributed by atoms with Crippen molar-refractivity contribution in [2.24, 2.45) is 0 Å². The molecule has 0 bridgehead atoms. The Balaban J connectivity index is 1.62. The van der Waals surface area contributed by atoms with E-state index in [0.717, 1.165) is 50.2 Å². The van der Waals surface area contributed by atoms with Crippen LogP contribution in [0.4, 0.5) is 17.5 Å². The lowest BCUT2D eigenvalue weighted by atomic mass is 9.87. The van der Waals surface area contributed by atoms with Crippen LogP contribution in [0.15, 0.2) is 30.2 Å². The molecule has 1 aromatic heterocycles. The largest absolute Gasteiger partial charge is 0.488 e. The molecule has 206 valence electrons. The number of benzene rings is 1. The van der Waals surface area contributed by atoms with Gasteiger partial charge in [-0.15, -0.1) is 0 Å². The SMILES string of the molecule is CN/C=C(/Nc1nc(Nc2cc(C)c(C3CCNCC3)cc2OC2CC2)ncc1Cl)C(=N)S(=O)(=O)C(C)C. The van der Waals surface area contributed by atoms with Crippen molar-refractivity contribution in [2.75, 3.05) is 30.8 Å². The number of nitrogens with zero attached hydrogens (tertiary/aromatic N) is 2. The number of halogens is 1. The van der Waals surface area contributed by atoms with Crippen LogP contribution in [-0.2, 0) is 9.84 Å². The van der Waals surface area contributed by atoms with E-state index < -0.39 is 20.1 Å². The molecule has 0 unspecified atom stereocenters. The zero-order valence-corrected chi connectivity index (χ0v) is 23.8. The van der Waals surface area contributed by atoms with E-state index in [1.165, 1.54) is 37.4 Å². The molecule has 1 aromatic carbocycles. The smallest absolute Gasteiger partial charge is 0.229 e. The fourth-order valence-corrected chi connectivity index (χ4v) is 5.32. The third kappa shape index (κ3) is 6.57. The van der Waals surface area contributed by atoms with Gasteiger partial charge in [0.15, 0.2) is 20.7 Å². The van der Waals surface area contributed by atoms with Crippen LogP contribution < -0.4 is 26.0 Å². The number of hydrogen-bond acceptors (Lipinski definition) is 10. The molecule has 10 nitrogen and oxygen atoms in total. The molecule has 5 N–H and O–H groups in total. The Kier molecular flexibility index (Phi) is 8.79. The lowest BCUT2D eigenvalue weighted by Crippen LogP contribution is -2.28. The summed E-state index contributed by atoms with van der Waals surface area (Å²) >= 11 is 6.35. The quantitative estimate of drug-likeness (QED) is 0.210. The van der Waals surface area contributed by atoms with Gasteiger partial charge in [-0.25, -0.2) is 13.4 Å². The summed E-state index contributed by atoms with van der Waals surface area (Å²) in [4.78, 5) is 8.81. The summed E-state index contributed by atoms with van der Waals surface area (Å²) in [6.07, 6.45) is 7.28. The fourth-order valence-electron chi connectivity index (χ4n) is 4.29. The molecule has 0 radical (unpaired) electrons. The molecule has 0 amide bonds. The molecule has 0 spiro atoms. The molecule has 1 saturated carbocycles. The maximum atomic E-state index is 12.6. The fraction of sp³-hybridized carbons (Fsp3) is 0.500.